The maximum Gasteiger partial charge on any atom is 0.306 e. The Morgan fingerprint density at radius 2 is 2.21 bits per heavy atom. The first-order valence-corrected chi connectivity index (χ1v) is 5.02. The van der Waals surface area contributed by atoms with Crippen LogP contribution in [-0.4, -0.2) is 28.2 Å². The molecule has 1 heterocycles. The van der Waals surface area contributed by atoms with Crippen molar-refractivity contribution in [3.8, 4) is 0 Å². The van der Waals surface area contributed by atoms with E-state index in [1.165, 1.54) is 0 Å². The third kappa shape index (κ3) is 1.27. The molecule has 14 heavy (non-hydrogen) atoms. The minimum Gasteiger partial charge on any atom is -0.481 e. The molecule has 2 fully saturated rings. The largest absolute Gasteiger partial charge is 0.481 e. The van der Waals surface area contributed by atoms with E-state index in [0.29, 0.717) is 19.4 Å². The van der Waals surface area contributed by atoms with Crippen LogP contribution in [0.25, 0.3) is 0 Å². The first kappa shape index (κ1) is 9.43. The monoisotopic (exact) mass is 198 g/mol. The van der Waals surface area contributed by atoms with E-state index in [1.54, 1.807) is 5.01 Å². The van der Waals surface area contributed by atoms with E-state index in [1.807, 2.05) is 0 Å². The predicted molar refractivity (Wildman–Crippen MR) is 49.4 cm³/mol. The molecular formula is C9H14N2O3. The third-order valence-corrected chi connectivity index (χ3v) is 3.60. The van der Waals surface area contributed by atoms with Gasteiger partial charge in [0.15, 0.2) is 0 Å². The Bertz CT molecular complexity index is 263. The molecule has 1 spiro atoms. The minimum absolute atomic E-state index is 0.205. The third-order valence-electron chi connectivity index (χ3n) is 3.60. The predicted octanol–water partition coefficient (Wildman–Crippen LogP) is 1.39. The minimum atomic E-state index is -0.734. The molecule has 0 radical (unpaired) electrons. The summed E-state index contributed by atoms with van der Waals surface area (Å²) in [6.45, 7) is 0.500. The van der Waals surface area contributed by atoms with Gasteiger partial charge in [0.05, 0.1) is 16.7 Å². The van der Waals surface area contributed by atoms with Crippen LogP contribution < -0.4 is 0 Å². The second kappa shape index (κ2) is 3.22. The fraction of sp³-hybridized carbons (Fsp3) is 0.889. The van der Waals surface area contributed by atoms with Gasteiger partial charge in [-0.1, -0.05) is 0 Å². The van der Waals surface area contributed by atoms with Crippen LogP contribution in [0.3, 0.4) is 0 Å². The highest BCUT2D eigenvalue weighted by atomic mass is 16.4. The maximum atomic E-state index is 10.8. The normalized spacial score (nSPS) is 29.7. The first-order chi connectivity index (χ1) is 6.68. The van der Waals surface area contributed by atoms with Crippen molar-refractivity contribution in [2.24, 2.45) is 11.2 Å². The fourth-order valence-electron chi connectivity index (χ4n) is 2.57. The van der Waals surface area contributed by atoms with Gasteiger partial charge in [0.2, 0.25) is 0 Å². The quantitative estimate of drug-likeness (QED) is 0.680. The van der Waals surface area contributed by atoms with Gasteiger partial charge >= 0.3 is 5.97 Å². The summed E-state index contributed by atoms with van der Waals surface area (Å²) in [7, 11) is 0. The maximum absolute atomic E-state index is 10.8. The number of carboxylic acids is 1. The van der Waals surface area contributed by atoms with Crippen LogP contribution in [0.2, 0.25) is 0 Å². The number of hydrogen-bond donors (Lipinski definition) is 1. The Balaban J connectivity index is 2.10. The highest BCUT2D eigenvalue weighted by Crippen LogP contribution is 2.46. The lowest BCUT2D eigenvalue weighted by molar-refractivity contribution is -0.148. The fourth-order valence-corrected chi connectivity index (χ4v) is 2.57. The van der Waals surface area contributed by atoms with Crippen molar-refractivity contribution in [2.45, 2.75) is 37.6 Å². The molecule has 2 rings (SSSR count). The molecule has 1 aliphatic carbocycles. The van der Waals surface area contributed by atoms with Gasteiger partial charge < -0.3 is 5.11 Å². The Labute approximate surface area is 82.0 Å². The number of hydrogen-bond acceptors (Lipinski definition) is 3. The van der Waals surface area contributed by atoms with Crippen molar-refractivity contribution in [3.63, 3.8) is 0 Å². The van der Waals surface area contributed by atoms with E-state index in [0.717, 1.165) is 19.3 Å². The lowest BCUT2D eigenvalue weighted by Gasteiger charge is -2.51. The number of rotatable bonds is 2. The van der Waals surface area contributed by atoms with Crippen LogP contribution in [0, 0.1) is 10.8 Å². The summed E-state index contributed by atoms with van der Waals surface area (Å²) in [6, 6.07) is 0. The van der Waals surface area contributed by atoms with Gasteiger partial charge in [0, 0.05) is 6.54 Å². The summed E-state index contributed by atoms with van der Waals surface area (Å²) in [5, 5.41) is 13.5. The van der Waals surface area contributed by atoms with Crippen LogP contribution in [0.15, 0.2) is 5.29 Å². The number of piperidine rings is 1. The van der Waals surface area contributed by atoms with Crippen LogP contribution in [0.4, 0.5) is 0 Å². The topological polar surface area (TPSA) is 70.0 Å². The number of carbonyl (C=O) groups is 1. The van der Waals surface area contributed by atoms with Gasteiger partial charge in [0.1, 0.15) is 0 Å². The second-order valence-corrected chi connectivity index (χ2v) is 4.31. The van der Waals surface area contributed by atoms with Crippen molar-refractivity contribution < 1.29 is 9.90 Å². The Hall–Kier alpha value is -1.13. The molecule has 1 N–H and O–H groups in total. The molecule has 5 heteroatoms. The van der Waals surface area contributed by atoms with Crippen molar-refractivity contribution in [1.29, 1.82) is 0 Å². The second-order valence-electron chi connectivity index (χ2n) is 4.31. The van der Waals surface area contributed by atoms with Crippen molar-refractivity contribution in [3.05, 3.63) is 4.91 Å². The summed E-state index contributed by atoms with van der Waals surface area (Å²) >= 11 is 0. The van der Waals surface area contributed by atoms with Gasteiger partial charge in [-0.05, 0) is 32.1 Å². The van der Waals surface area contributed by atoms with Crippen LogP contribution in [0.5, 0.6) is 0 Å². The molecule has 1 atom stereocenters. The van der Waals surface area contributed by atoms with E-state index in [-0.39, 0.29) is 11.5 Å². The van der Waals surface area contributed by atoms with E-state index in [9.17, 15) is 9.70 Å². The highest BCUT2D eigenvalue weighted by molar-refractivity contribution is 5.70. The van der Waals surface area contributed by atoms with Gasteiger partial charge in [-0.2, -0.15) is 0 Å². The smallest absolute Gasteiger partial charge is 0.306 e. The first-order valence-electron chi connectivity index (χ1n) is 5.02. The Kier molecular flexibility index (Phi) is 2.17. The summed E-state index contributed by atoms with van der Waals surface area (Å²) in [4.78, 5) is 21.4. The highest BCUT2D eigenvalue weighted by Gasteiger charge is 2.48. The zero-order chi connectivity index (χ0) is 10.2. The van der Waals surface area contributed by atoms with Gasteiger partial charge in [-0.15, -0.1) is 4.91 Å². The molecule has 1 saturated carbocycles. The molecule has 1 unspecified atom stereocenters. The number of nitroso groups, excluding NO2 is 1. The molecule has 1 aliphatic heterocycles. The van der Waals surface area contributed by atoms with Crippen LogP contribution >= 0.6 is 0 Å². The van der Waals surface area contributed by atoms with E-state index >= 15 is 0 Å². The Morgan fingerprint density at radius 1 is 1.50 bits per heavy atom. The lowest BCUT2D eigenvalue weighted by atomic mass is 9.68. The van der Waals surface area contributed by atoms with Crippen molar-refractivity contribution in [1.82, 2.24) is 5.01 Å². The molecule has 5 nitrogen and oxygen atoms in total. The van der Waals surface area contributed by atoms with Gasteiger partial charge in [0.25, 0.3) is 0 Å². The molecule has 0 bridgehead atoms. The van der Waals surface area contributed by atoms with Crippen LogP contribution in [-0.2, 0) is 4.79 Å². The molecule has 0 aromatic heterocycles. The molecular weight excluding hydrogens is 184 g/mol. The number of nitrogens with zero attached hydrogens (tertiary/aromatic N) is 2. The van der Waals surface area contributed by atoms with Crippen molar-refractivity contribution in [2.75, 3.05) is 6.54 Å². The number of carboxylic acid groups (broad SMARTS) is 1. The average molecular weight is 198 g/mol. The molecule has 0 aromatic carbocycles. The van der Waals surface area contributed by atoms with E-state index in [2.05, 4.69) is 5.29 Å². The van der Waals surface area contributed by atoms with E-state index in [4.69, 9.17) is 5.11 Å². The van der Waals surface area contributed by atoms with Gasteiger partial charge in [-0.3, -0.25) is 9.80 Å². The molecule has 0 amide bonds. The summed E-state index contributed by atoms with van der Waals surface area (Å²) < 4.78 is 0. The van der Waals surface area contributed by atoms with Crippen LogP contribution in [0.1, 0.15) is 32.1 Å². The zero-order valence-corrected chi connectivity index (χ0v) is 7.98. The zero-order valence-electron chi connectivity index (χ0n) is 7.98. The van der Waals surface area contributed by atoms with Crippen molar-refractivity contribution >= 4 is 5.97 Å². The standard InChI is InChI=1S/C9H14N2O3/c12-8(13)7-2-5-11(10-14)9(6-7)3-1-4-9/h7H,1-6H2,(H,12,13). The summed E-state index contributed by atoms with van der Waals surface area (Å²) in [5.74, 6) is -1.02. The summed E-state index contributed by atoms with van der Waals surface area (Å²) in [6.07, 6.45) is 4.06. The molecule has 78 valence electrons. The SMILES string of the molecule is O=NN1CCC(C(=O)O)CC12CCC2. The lowest BCUT2D eigenvalue weighted by Crippen LogP contribution is -2.56. The number of aliphatic carboxylic acids is 1. The van der Waals surface area contributed by atoms with E-state index < -0.39 is 5.97 Å². The van der Waals surface area contributed by atoms with Gasteiger partial charge in [-0.25, -0.2) is 0 Å². The summed E-state index contributed by atoms with van der Waals surface area (Å²) in [5.41, 5.74) is -0.205. The molecule has 2 aliphatic rings. The molecule has 0 aromatic rings. The Morgan fingerprint density at radius 3 is 2.64 bits per heavy atom. The molecule has 1 saturated heterocycles. The average Bonchev–Trinajstić information content (AvgIpc) is 2.14.